The maximum Gasteiger partial charge on any atom is 0.255 e. The highest BCUT2D eigenvalue weighted by atomic mass is 19.1. The molecule has 0 aliphatic carbocycles. The Morgan fingerprint density at radius 2 is 2.00 bits per heavy atom. The van der Waals surface area contributed by atoms with Crippen LogP contribution in [0.4, 0.5) is 10.1 Å². The van der Waals surface area contributed by atoms with Crippen molar-refractivity contribution in [1.29, 1.82) is 0 Å². The number of aliphatic hydroxyl groups is 1. The highest BCUT2D eigenvalue weighted by Gasteiger charge is 2.14. The topological polar surface area (TPSA) is 75.9 Å². The van der Waals surface area contributed by atoms with Gasteiger partial charge in [0.2, 0.25) is 5.88 Å². The molecule has 0 saturated heterocycles. The Labute approximate surface area is 166 Å². The normalized spacial score (nSPS) is 10.9. The Morgan fingerprint density at radius 3 is 2.79 bits per heavy atom. The number of hydrogen-bond donors (Lipinski definition) is 2. The molecule has 2 aromatic heterocycles. The van der Waals surface area contributed by atoms with Gasteiger partial charge in [-0.25, -0.2) is 8.91 Å². The molecule has 0 fully saturated rings. The summed E-state index contributed by atoms with van der Waals surface area (Å²) in [6.07, 6.45) is 1.61. The first kappa shape index (κ1) is 18.6. The minimum absolute atomic E-state index is 0.133. The molecule has 0 aliphatic rings. The predicted molar refractivity (Wildman–Crippen MR) is 107 cm³/mol. The number of hydrogen-bond acceptors (Lipinski definition) is 4. The van der Waals surface area contributed by atoms with Crippen LogP contribution in [0.25, 0.3) is 16.6 Å². The maximum atomic E-state index is 14.3. The summed E-state index contributed by atoms with van der Waals surface area (Å²) in [4.78, 5) is 12.7. The first-order valence-electron chi connectivity index (χ1n) is 8.92. The highest BCUT2D eigenvalue weighted by molar-refractivity contribution is 6.05. The molecule has 0 aliphatic heterocycles. The SMILES string of the molecule is COc1cccc2c(-c3cc(F)cc(C(=O)Nc4cccc(CO)c4)c3)cnn12. The number of aromatic nitrogens is 2. The van der Waals surface area contributed by atoms with Crippen LogP contribution in [0.5, 0.6) is 5.88 Å². The lowest BCUT2D eigenvalue weighted by molar-refractivity contribution is 0.102. The first-order chi connectivity index (χ1) is 14.1. The van der Waals surface area contributed by atoms with Crippen LogP contribution in [0.3, 0.4) is 0 Å². The van der Waals surface area contributed by atoms with E-state index in [9.17, 15) is 14.3 Å². The van der Waals surface area contributed by atoms with E-state index in [0.29, 0.717) is 28.3 Å². The Morgan fingerprint density at radius 1 is 1.17 bits per heavy atom. The number of methoxy groups -OCH3 is 1. The highest BCUT2D eigenvalue weighted by Crippen LogP contribution is 2.29. The number of halogens is 1. The van der Waals surface area contributed by atoms with Crippen LogP contribution in [0, 0.1) is 5.82 Å². The molecule has 0 radical (unpaired) electrons. The van der Waals surface area contributed by atoms with Crippen LogP contribution in [-0.4, -0.2) is 27.7 Å². The van der Waals surface area contributed by atoms with E-state index in [1.54, 1.807) is 54.2 Å². The van der Waals surface area contributed by atoms with Crippen LogP contribution in [0.15, 0.2) is 66.9 Å². The van der Waals surface area contributed by atoms with Crippen LogP contribution in [-0.2, 0) is 6.61 Å². The van der Waals surface area contributed by atoms with Crippen molar-refractivity contribution in [2.45, 2.75) is 6.61 Å². The van der Waals surface area contributed by atoms with Crippen LogP contribution >= 0.6 is 0 Å². The van der Waals surface area contributed by atoms with Crippen molar-refractivity contribution in [2.24, 2.45) is 0 Å². The molecule has 0 spiro atoms. The van der Waals surface area contributed by atoms with Crippen molar-refractivity contribution in [2.75, 3.05) is 12.4 Å². The lowest BCUT2D eigenvalue weighted by atomic mass is 10.0. The third kappa shape index (κ3) is 3.68. The van der Waals surface area contributed by atoms with Gasteiger partial charge in [-0.3, -0.25) is 4.79 Å². The van der Waals surface area contributed by atoms with Crippen molar-refractivity contribution in [3.05, 3.63) is 83.8 Å². The fraction of sp³-hybridized carbons (Fsp3) is 0.0909. The number of carbonyl (C=O) groups excluding carboxylic acids is 1. The van der Waals surface area contributed by atoms with Gasteiger partial charge in [-0.1, -0.05) is 18.2 Å². The second-order valence-electron chi connectivity index (χ2n) is 6.46. The number of benzene rings is 2. The second-order valence-corrected chi connectivity index (χ2v) is 6.46. The molecule has 6 nitrogen and oxygen atoms in total. The Balaban J connectivity index is 1.70. The number of anilines is 1. The fourth-order valence-electron chi connectivity index (χ4n) is 3.19. The summed E-state index contributed by atoms with van der Waals surface area (Å²) in [7, 11) is 1.55. The van der Waals surface area contributed by atoms with E-state index in [4.69, 9.17) is 4.74 Å². The number of nitrogens with one attached hydrogen (secondary N) is 1. The molecule has 4 aromatic rings. The third-order valence-corrected chi connectivity index (χ3v) is 4.56. The van der Waals surface area contributed by atoms with Gasteiger partial charge >= 0.3 is 0 Å². The summed E-state index contributed by atoms with van der Waals surface area (Å²) in [5.41, 5.74) is 3.31. The molecule has 0 unspecified atom stereocenters. The van der Waals surface area contributed by atoms with Gasteiger partial charge in [0, 0.05) is 22.9 Å². The number of carbonyl (C=O) groups is 1. The molecule has 146 valence electrons. The second kappa shape index (κ2) is 7.73. The minimum atomic E-state index is -0.529. The average molecular weight is 391 g/mol. The molecule has 7 heteroatoms. The lowest BCUT2D eigenvalue weighted by Crippen LogP contribution is -2.12. The molecular formula is C22H18FN3O3. The number of aliphatic hydroxyl groups excluding tert-OH is 1. The van der Waals surface area contributed by atoms with Gasteiger partial charge in [0.1, 0.15) is 5.82 Å². The van der Waals surface area contributed by atoms with E-state index in [0.717, 1.165) is 5.52 Å². The zero-order valence-electron chi connectivity index (χ0n) is 15.6. The number of nitrogens with zero attached hydrogens (tertiary/aromatic N) is 2. The van der Waals surface area contributed by atoms with E-state index < -0.39 is 11.7 Å². The van der Waals surface area contributed by atoms with Crippen molar-refractivity contribution in [3.8, 4) is 17.0 Å². The Kier molecular flexibility index (Phi) is 4.97. The first-order valence-corrected chi connectivity index (χ1v) is 8.92. The van der Waals surface area contributed by atoms with Crippen molar-refractivity contribution in [1.82, 2.24) is 9.61 Å². The molecule has 1 amide bonds. The Hall–Kier alpha value is -3.71. The van der Waals surface area contributed by atoms with Gasteiger partial charge in [-0.2, -0.15) is 5.10 Å². The van der Waals surface area contributed by atoms with Crippen molar-refractivity contribution >= 4 is 17.1 Å². The molecule has 29 heavy (non-hydrogen) atoms. The van der Waals surface area contributed by atoms with Crippen LogP contribution in [0.2, 0.25) is 0 Å². The van der Waals surface area contributed by atoms with E-state index in [1.807, 2.05) is 12.1 Å². The van der Waals surface area contributed by atoms with Crippen molar-refractivity contribution in [3.63, 3.8) is 0 Å². The van der Waals surface area contributed by atoms with Crippen LogP contribution < -0.4 is 10.1 Å². The summed E-state index contributed by atoms with van der Waals surface area (Å²) in [5, 5.41) is 16.3. The smallest absolute Gasteiger partial charge is 0.255 e. The molecule has 4 rings (SSSR count). The fourth-order valence-corrected chi connectivity index (χ4v) is 3.19. The van der Waals surface area contributed by atoms with Crippen molar-refractivity contribution < 1.29 is 19.0 Å². The van der Waals surface area contributed by atoms with Crippen LogP contribution in [0.1, 0.15) is 15.9 Å². The zero-order chi connectivity index (χ0) is 20.4. The molecule has 2 aromatic carbocycles. The Bertz CT molecular complexity index is 1200. The van der Waals surface area contributed by atoms with E-state index in [2.05, 4.69) is 10.4 Å². The van der Waals surface area contributed by atoms with Gasteiger partial charge in [0.05, 0.1) is 25.4 Å². The molecular weight excluding hydrogens is 373 g/mol. The number of amides is 1. The third-order valence-electron chi connectivity index (χ3n) is 4.56. The average Bonchev–Trinajstić information content (AvgIpc) is 3.17. The molecule has 2 heterocycles. The van der Waals surface area contributed by atoms with E-state index in [1.165, 1.54) is 12.1 Å². The largest absolute Gasteiger partial charge is 0.481 e. The minimum Gasteiger partial charge on any atom is -0.481 e. The zero-order valence-corrected chi connectivity index (χ0v) is 15.6. The standard InChI is InChI=1S/C22H18FN3O3/c1-29-21-7-3-6-20-19(12-24-26(20)21)15-9-16(11-17(23)10-15)22(28)25-18-5-2-4-14(8-18)13-27/h2-12,27H,13H2,1H3,(H,25,28). The molecule has 2 N–H and O–H groups in total. The summed E-state index contributed by atoms with van der Waals surface area (Å²) in [5.74, 6) is -0.430. The molecule has 0 saturated carbocycles. The lowest BCUT2D eigenvalue weighted by Gasteiger charge is -2.09. The number of ether oxygens (including phenoxy) is 1. The van der Waals surface area contributed by atoms with E-state index in [-0.39, 0.29) is 12.2 Å². The number of rotatable bonds is 5. The number of pyridine rings is 1. The predicted octanol–water partition coefficient (Wildman–Crippen LogP) is 3.89. The van der Waals surface area contributed by atoms with Gasteiger partial charge in [0.15, 0.2) is 0 Å². The quantitative estimate of drug-likeness (QED) is 0.541. The summed E-state index contributed by atoms with van der Waals surface area (Å²) in [6, 6.07) is 16.4. The summed E-state index contributed by atoms with van der Waals surface area (Å²) >= 11 is 0. The molecule has 0 atom stereocenters. The monoisotopic (exact) mass is 391 g/mol. The van der Waals surface area contributed by atoms with Gasteiger partial charge in [-0.05, 0) is 47.5 Å². The summed E-state index contributed by atoms with van der Waals surface area (Å²) in [6.45, 7) is -0.133. The van der Waals surface area contributed by atoms with E-state index >= 15 is 0 Å². The molecule has 0 bridgehead atoms. The summed E-state index contributed by atoms with van der Waals surface area (Å²) < 4.78 is 21.2. The number of fused-ring (bicyclic) bond motifs is 1. The van der Waals surface area contributed by atoms with Gasteiger partial charge in [0.25, 0.3) is 5.91 Å². The maximum absolute atomic E-state index is 14.3. The van der Waals surface area contributed by atoms with Gasteiger partial charge < -0.3 is 15.2 Å². The van der Waals surface area contributed by atoms with Gasteiger partial charge in [-0.15, -0.1) is 0 Å².